The maximum absolute atomic E-state index is 11.4. The molecule has 0 spiro atoms. The highest BCUT2D eigenvalue weighted by molar-refractivity contribution is 7.99. The number of nitrogens with two attached hydrogens (primary N) is 1. The molecule has 156 valence electrons. The standard InChI is InChI=1S/C20H20ClN5O3S/c21-14-8-12-10-29-9-11-2-1-3-13(16(11)12)17(14)18-24-19(22)26-20(25-18)30-7-5-23-15(28)4-6-27/h1-3,8,27H,4-7,9-10H2,(H,23,28)(H2,22,24,25,26). The number of aliphatic hydroxyl groups is 1. The molecular formula is C20H20ClN5O3S. The van der Waals surface area contributed by atoms with Gasteiger partial charge in [0, 0.05) is 24.3 Å². The molecule has 2 aromatic carbocycles. The van der Waals surface area contributed by atoms with Crippen LogP contribution in [0.25, 0.3) is 22.2 Å². The summed E-state index contributed by atoms with van der Waals surface area (Å²) in [5, 5.41) is 14.5. The van der Waals surface area contributed by atoms with E-state index in [0.29, 0.717) is 47.1 Å². The number of hydrogen-bond donors (Lipinski definition) is 3. The molecule has 0 bridgehead atoms. The van der Waals surface area contributed by atoms with E-state index >= 15 is 0 Å². The Kier molecular flexibility index (Phi) is 6.33. The summed E-state index contributed by atoms with van der Waals surface area (Å²) in [5.41, 5.74) is 8.79. The van der Waals surface area contributed by atoms with E-state index in [2.05, 4.69) is 20.3 Å². The van der Waals surface area contributed by atoms with Gasteiger partial charge in [0.2, 0.25) is 11.9 Å². The zero-order valence-electron chi connectivity index (χ0n) is 16.0. The number of carbonyl (C=O) groups excluding carboxylic acids is 1. The van der Waals surface area contributed by atoms with Gasteiger partial charge in [0.25, 0.3) is 0 Å². The van der Waals surface area contributed by atoms with E-state index in [1.807, 2.05) is 24.3 Å². The fourth-order valence-corrected chi connectivity index (χ4v) is 4.43. The zero-order valence-corrected chi connectivity index (χ0v) is 17.6. The Balaban J connectivity index is 1.64. The topological polar surface area (TPSA) is 123 Å². The first-order valence-electron chi connectivity index (χ1n) is 9.40. The maximum atomic E-state index is 11.4. The number of nitrogen functional groups attached to an aromatic ring is 1. The van der Waals surface area contributed by atoms with Crippen LogP contribution >= 0.6 is 23.4 Å². The van der Waals surface area contributed by atoms with E-state index in [1.165, 1.54) is 11.8 Å². The summed E-state index contributed by atoms with van der Waals surface area (Å²) in [6, 6.07) is 7.89. The Morgan fingerprint density at radius 2 is 2.10 bits per heavy atom. The normalized spacial score (nSPS) is 12.9. The lowest BCUT2D eigenvalue weighted by atomic mass is 9.94. The van der Waals surface area contributed by atoms with Gasteiger partial charge in [-0.2, -0.15) is 9.97 Å². The van der Waals surface area contributed by atoms with E-state index in [9.17, 15) is 4.79 Å². The molecule has 0 atom stereocenters. The first-order chi connectivity index (χ1) is 14.6. The van der Waals surface area contributed by atoms with Gasteiger partial charge in [0.15, 0.2) is 11.0 Å². The number of nitrogens with zero attached hydrogens (tertiary/aromatic N) is 3. The van der Waals surface area contributed by atoms with Gasteiger partial charge in [0.05, 0.1) is 24.8 Å². The molecule has 0 radical (unpaired) electrons. The molecule has 4 N–H and O–H groups in total. The summed E-state index contributed by atoms with van der Waals surface area (Å²) in [6.07, 6.45) is 0.0854. The molecule has 4 rings (SSSR count). The lowest BCUT2D eigenvalue weighted by molar-refractivity contribution is -0.121. The number of rotatable bonds is 7. The minimum absolute atomic E-state index is 0.0854. The van der Waals surface area contributed by atoms with Crippen molar-refractivity contribution in [2.45, 2.75) is 24.8 Å². The fraction of sp³-hybridized carbons (Fsp3) is 0.300. The third-order valence-corrected chi connectivity index (χ3v) is 5.79. The van der Waals surface area contributed by atoms with E-state index in [0.717, 1.165) is 21.9 Å². The quantitative estimate of drug-likeness (QED) is 0.374. The Morgan fingerprint density at radius 1 is 1.27 bits per heavy atom. The van der Waals surface area contributed by atoms with Crippen molar-refractivity contribution in [3.05, 3.63) is 40.4 Å². The molecule has 1 aliphatic heterocycles. The third-order valence-electron chi connectivity index (χ3n) is 4.65. The van der Waals surface area contributed by atoms with Crippen molar-refractivity contribution in [3.63, 3.8) is 0 Å². The van der Waals surface area contributed by atoms with Gasteiger partial charge in [0.1, 0.15) is 0 Å². The summed E-state index contributed by atoms with van der Waals surface area (Å²) in [5.74, 6) is 0.865. The number of amides is 1. The Bertz CT molecular complexity index is 1110. The molecule has 8 nitrogen and oxygen atoms in total. The lowest BCUT2D eigenvalue weighted by Crippen LogP contribution is -2.26. The average molecular weight is 446 g/mol. The van der Waals surface area contributed by atoms with E-state index < -0.39 is 0 Å². The molecule has 0 saturated carbocycles. The number of aliphatic hydroxyl groups excluding tert-OH is 1. The fourth-order valence-electron chi connectivity index (χ4n) is 3.42. The second-order valence-electron chi connectivity index (χ2n) is 6.70. The molecule has 10 heteroatoms. The van der Waals surface area contributed by atoms with Crippen LogP contribution in [0.4, 0.5) is 5.95 Å². The van der Waals surface area contributed by atoms with Crippen molar-refractivity contribution in [1.82, 2.24) is 20.3 Å². The maximum Gasteiger partial charge on any atom is 0.224 e. The summed E-state index contributed by atoms with van der Waals surface area (Å²) < 4.78 is 5.64. The molecule has 0 aliphatic carbocycles. The average Bonchev–Trinajstić information content (AvgIpc) is 2.71. The minimum Gasteiger partial charge on any atom is -0.396 e. The summed E-state index contributed by atoms with van der Waals surface area (Å²) in [4.78, 5) is 24.5. The number of halogens is 1. The molecule has 1 aliphatic rings. The number of aromatic nitrogens is 3. The van der Waals surface area contributed by atoms with Gasteiger partial charge in [-0.3, -0.25) is 4.79 Å². The smallest absolute Gasteiger partial charge is 0.224 e. The second-order valence-corrected chi connectivity index (χ2v) is 8.17. The SMILES string of the molecule is Nc1nc(SCCNC(=O)CCO)nc(-c2c(Cl)cc3c4c(cccc24)COC3)n1. The Morgan fingerprint density at radius 3 is 2.93 bits per heavy atom. The molecular weight excluding hydrogens is 426 g/mol. The number of nitrogens with one attached hydrogen (secondary N) is 1. The van der Waals surface area contributed by atoms with Gasteiger partial charge in [-0.05, 0) is 28.0 Å². The molecule has 30 heavy (non-hydrogen) atoms. The van der Waals surface area contributed by atoms with Crippen LogP contribution in [-0.2, 0) is 22.7 Å². The molecule has 2 heterocycles. The highest BCUT2D eigenvalue weighted by atomic mass is 35.5. The van der Waals surface area contributed by atoms with Gasteiger partial charge in [-0.25, -0.2) is 4.98 Å². The van der Waals surface area contributed by atoms with Crippen LogP contribution in [0.2, 0.25) is 5.02 Å². The zero-order chi connectivity index (χ0) is 21.1. The van der Waals surface area contributed by atoms with Gasteiger partial charge >= 0.3 is 0 Å². The molecule has 0 fully saturated rings. The van der Waals surface area contributed by atoms with Gasteiger partial charge in [-0.15, -0.1) is 0 Å². The van der Waals surface area contributed by atoms with Gasteiger partial charge in [-0.1, -0.05) is 41.6 Å². The van der Waals surface area contributed by atoms with Crippen LogP contribution in [0.5, 0.6) is 0 Å². The van der Waals surface area contributed by atoms with Crippen LogP contribution < -0.4 is 11.1 Å². The number of carbonyl (C=O) groups is 1. The van der Waals surface area contributed by atoms with E-state index in [1.54, 1.807) is 0 Å². The predicted octanol–water partition coefficient (Wildman–Crippen LogP) is 2.55. The Labute approximate surface area is 182 Å². The first kappa shape index (κ1) is 20.8. The molecule has 0 unspecified atom stereocenters. The van der Waals surface area contributed by atoms with Crippen LogP contribution in [0, 0.1) is 0 Å². The van der Waals surface area contributed by atoms with E-state index in [-0.39, 0.29) is 24.9 Å². The van der Waals surface area contributed by atoms with Crippen LogP contribution in [-0.4, -0.2) is 44.9 Å². The highest BCUT2D eigenvalue weighted by Gasteiger charge is 2.21. The van der Waals surface area contributed by atoms with Crippen LogP contribution in [0.15, 0.2) is 29.4 Å². The van der Waals surface area contributed by atoms with Crippen LogP contribution in [0.1, 0.15) is 17.5 Å². The van der Waals surface area contributed by atoms with Crippen LogP contribution in [0.3, 0.4) is 0 Å². The number of anilines is 1. The summed E-state index contributed by atoms with van der Waals surface area (Å²) in [7, 11) is 0. The minimum atomic E-state index is -0.200. The summed E-state index contributed by atoms with van der Waals surface area (Å²) >= 11 is 7.98. The van der Waals surface area contributed by atoms with Crippen molar-refractivity contribution in [2.24, 2.45) is 0 Å². The molecule has 3 aromatic rings. The Hall–Kier alpha value is -2.46. The number of benzene rings is 2. The number of ether oxygens (including phenoxy) is 1. The number of thioether (sulfide) groups is 1. The first-order valence-corrected chi connectivity index (χ1v) is 10.8. The highest BCUT2D eigenvalue weighted by Crippen LogP contribution is 2.39. The van der Waals surface area contributed by atoms with Crippen molar-refractivity contribution < 1.29 is 14.6 Å². The van der Waals surface area contributed by atoms with Crippen molar-refractivity contribution >= 4 is 46.0 Å². The van der Waals surface area contributed by atoms with E-state index in [4.69, 9.17) is 27.2 Å². The van der Waals surface area contributed by atoms with Crippen molar-refractivity contribution in [2.75, 3.05) is 24.6 Å². The predicted molar refractivity (Wildman–Crippen MR) is 116 cm³/mol. The molecule has 1 aromatic heterocycles. The van der Waals surface area contributed by atoms with Crippen molar-refractivity contribution in [1.29, 1.82) is 0 Å². The summed E-state index contributed by atoms with van der Waals surface area (Å²) in [6.45, 7) is 1.31. The third kappa shape index (κ3) is 4.34. The molecule has 1 amide bonds. The number of hydrogen-bond acceptors (Lipinski definition) is 8. The van der Waals surface area contributed by atoms with Crippen molar-refractivity contribution in [3.8, 4) is 11.4 Å². The van der Waals surface area contributed by atoms with Gasteiger partial charge < -0.3 is 20.9 Å². The largest absolute Gasteiger partial charge is 0.396 e. The monoisotopic (exact) mass is 445 g/mol. The molecule has 0 saturated heterocycles. The lowest BCUT2D eigenvalue weighted by Gasteiger charge is -2.20. The second kappa shape index (κ2) is 9.13.